The van der Waals surface area contributed by atoms with Gasteiger partial charge in [-0.25, -0.2) is 0 Å². The normalized spacial score (nSPS) is 29.3. The number of aliphatic hydroxyl groups is 1. The molecule has 1 aromatic carbocycles. The van der Waals surface area contributed by atoms with Gasteiger partial charge in [0.05, 0.1) is 6.10 Å². The van der Waals surface area contributed by atoms with Crippen LogP contribution in [-0.4, -0.2) is 17.3 Å². The van der Waals surface area contributed by atoms with E-state index in [0.717, 1.165) is 12.8 Å². The predicted octanol–water partition coefficient (Wildman–Crippen LogP) is 4.07. The highest BCUT2D eigenvalue weighted by Crippen LogP contribution is 2.54. The number of ether oxygens (including phenoxy) is 1. The number of aliphatic hydroxyl groups excluding tert-OH is 1. The third kappa shape index (κ3) is 2.01. The monoisotopic (exact) mass is 286 g/mol. The predicted molar refractivity (Wildman–Crippen MR) is 72.4 cm³/mol. The van der Waals surface area contributed by atoms with Crippen LogP contribution < -0.4 is 4.74 Å². The van der Waals surface area contributed by atoms with Gasteiger partial charge >= 0.3 is 0 Å². The zero-order valence-corrected chi connectivity index (χ0v) is 11.5. The van der Waals surface area contributed by atoms with Gasteiger partial charge in [0.2, 0.25) is 0 Å². The average molecular weight is 287 g/mol. The standard InChI is InChI=1S/C14H16Cl2O2/c15-9-5-10(16)7-11(6-9)18-13-8-12(17)14(13)3-1-2-4-14/h5-7,12-13,17H,1-4,8H2. The van der Waals surface area contributed by atoms with Crippen LogP contribution in [0.5, 0.6) is 5.75 Å². The summed E-state index contributed by atoms with van der Waals surface area (Å²) in [6, 6.07) is 5.25. The fraction of sp³-hybridized carbons (Fsp3) is 0.571. The lowest BCUT2D eigenvalue weighted by Crippen LogP contribution is -2.58. The second kappa shape index (κ2) is 4.59. The Kier molecular flexibility index (Phi) is 3.21. The Morgan fingerprint density at radius 2 is 1.72 bits per heavy atom. The highest BCUT2D eigenvalue weighted by molar-refractivity contribution is 6.34. The quantitative estimate of drug-likeness (QED) is 0.888. The molecule has 2 atom stereocenters. The molecule has 0 saturated heterocycles. The van der Waals surface area contributed by atoms with E-state index in [0.29, 0.717) is 22.2 Å². The SMILES string of the molecule is OC1CC(Oc2cc(Cl)cc(Cl)c2)C12CCCC2. The maximum absolute atomic E-state index is 10.0. The van der Waals surface area contributed by atoms with E-state index in [9.17, 15) is 5.11 Å². The van der Waals surface area contributed by atoms with Crippen LogP contribution in [0.3, 0.4) is 0 Å². The topological polar surface area (TPSA) is 29.5 Å². The Morgan fingerprint density at radius 1 is 1.11 bits per heavy atom. The Labute approximate surface area is 117 Å². The summed E-state index contributed by atoms with van der Waals surface area (Å²) < 4.78 is 5.99. The Balaban J connectivity index is 1.77. The molecule has 98 valence electrons. The van der Waals surface area contributed by atoms with Crippen LogP contribution in [0.25, 0.3) is 0 Å². The van der Waals surface area contributed by atoms with Crippen LogP contribution in [0, 0.1) is 5.41 Å². The van der Waals surface area contributed by atoms with Gasteiger partial charge in [-0.2, -0.15) is 0 Å². The van der Waals surface area contributed by atoms with E-state index in [2.05, 4.69) is 0 Å². The van der Waals surface area contributed by atoms with Crippen LogP contribution in [0.1, 0.15) is 32.1 Å². The molecule has 0 aromatic heterocycles. The molecule has 4 heteroatoms. The maximum atomic E-state index is 10.0. The van der Waals surface area contributed by atoms with Gasteiger partial charge in [0, 0.05) is 21.9 Å². The molecule has 0 amide bonds. The van der Waals surface area contributed by atoms with Crippen LogP contribution in [0.15, 0.2) is 18.2 Å². The molecule has 2 aliphatic rings. The molecule has 3 rings (SSSR count). The Hall–Kier alpha value is -0.440. The summed E-state index contributed by atoms with van der Waals surface area (Å²) in [6.45, 7) is 0. The molecule has 2 saturated carbocycles. The minimum atomic E-state index is -0.209. The molecule has 2 unspecified atom stereocenters. The third-order valence-corrected chi connectivity index (χ3v) is 4.83. The summed E-state index contributed by atoms with van der Waals surface area (Å²) in [6.07, 6.45) is 5.11. The number of rotatable bonds is 2. The van der Waals surface area contributed by atoms with Crippen LogP contribution in [0.2, 0.25) is 10.0 Å². The molecule has 18 heavy (non-hydrogen) atoms. The zero-order chi connectivity index (χ0) is 12.8. The van der Waals surface area contributed by atoms with Gasteiger partial charge in [-0.3, -0.25) is 0 Å². The van der Waals surface area contributed by atoms with Crippen molar-refractivity contribution in [3.05, 3.63) is 28.2 Å². The maximum Gasteiger partial charge on any atom is 0.122 e. The van der Waals surface area contributed by atoms with Crippen molar-refractivity contribution < 1.29 is 9.84 Å². The molecular weight excluding hydrogens is 271 g/mol. The Morgan fingerprint density at radius 3 is 2.28 bits per heavy atom. The van der Waals surface area contributed by atoms with Crippen molar-refractivity contribution in [2.75, 3.05) is 0 Å². The van der Waals surface area contributed by atoms with E-state index in [1.54, 1.807) is 18.2 Å². The first-order valence-corrected chi connectivity index (χ1v) is 7.16. The minimum absolute atomic E-state index is 0.0191. The van der Waals surface area contributed by atoms with Gasteiger partial charge in [-0.05, 0) is 31.0 Å². The highest BCUT2D eigenvalue weighted by atomic mass is 35.5. The molecule has 1 aromatic rings. The van der Waals surface area contributed by atoms with Crippen molar-refractivity contribution in [3.63, 3.8) is 0 Å². The van der Waals surface area contributed by atoms with Gasteiger partial charge in [0.1, 0.15) is 11.9 Å². The molecule has 0 bridgehead atoms. The first-order valence-electron chi connectivity index (χ1n) is 6.41. The molecule has 2 nitrogen and oxygen atoms in total. The number of hydrogen-bond donors (Lipinski definition) is 1. The number of hydrogen-bond acceptors (Lipinski definition) is 2. The summed E-state index contributed by atoms with van der Waals surface area (Å²) in [7, 11) is 0. The molecule has 1 N–H and O–H groups in total. The van der Waals surface area contributed by atoms with Crippen molar-refractivity contribution in [2.24, 2.45) is 5.41 Å². The molecule has 2 fully saturated rings. The smallest absolute Gasteiger partial charge is 0.122 e. The van der Waals surface area contributed by atoms with E-state index in [4.69, 9.17) is 27.9 Å². The highest BCUT2D eigenvalue weighted by Gasteiger charge is 2.57. The van der Waals surface area contributed by atoms with Crippen molar-refractivity contribution in [3.8, 4) is 5.75 Å². The van der Waals surface area contributed by atoms with E-state index in [-0.39, 0.29) is 17.6 Å². The minimum Gasteiger partial charge on any atom is -0.490 e. The van der Waals surface area contributed by atoms with E-state index in [1.807, 2.05) is 0 Å². The molecule has 0 aliphatic heterocycles. The van der Waals surface area contributed by atoms with E-state index < -0.39 is 0 Å². The largest absolute Gasteiger partial charge is 0.490 e. The number of halogens is 2. The third-order valence-electron chi connectivity index (χ3n) is 4.39. The molecule has 0 radical (unpaired) electrons. The van der Waals surface area contributed by atoms with Crippen molar-refractivity contribution in [1.29, 1.82) is 0 Å². The number of benzene rings is 1. The average Bonchev–Trinajstić information content (AvgIpc) is 2.79. The lowest BCUT2D eigenvalue weighted by Gasteiger charge is -2.51. The second-order valence-electron chi connectivity index (χ2n) is 5.40. The fourth-order valence-electron chi connectivity index (χ4n) is 3.34. The summed E-state index contributed by atoms with van der Waals surface area (Å²) >= 11 is 11.9. The van der Waals surface area contributed by atoms with Crippen LogP contribution in [0.4, 0.5) is 0 Å². The van der Waals surface area contributed by atoms with Crippen molar-refractivity contribution in [1.82, 2.24) is 0 Å². The van der Waals surface area contributed by atoms with E-state index in [1.165, 1.54) is 12.8 Å². The molecule has 1 spiro atoms. The fourth-order valence-corrected chi connectivity index (χ4v) is 3.85. The zero-order valence-electron chi connectivity index (χ0n) is 10.0. The first-order chi connectivity index (χ1) is 8.60. The van der Waals surface area contributed by atoms with Crippen molar-refractivity contribution in [2.45, 2.75) is 44.3 Å². The summed E-state index contributed by atoms with van der Waals surface area (Å²) in [5, 5.41) is 11.2. The molecular formula is C14H16Cl2O2. The van der Waals surface area contributed by atoms with Crippen molar-refractivity contribution >= 4 is 23.2 Å². The lowest BCUT2D eigenvalue weighted by atomic mass is 9.62. The summed E-state index contributed by atoms with van der Waals surface area (Å²) in [4.78, 5) is 0. The van der Waals surface area contributed by atoms with Gasteiger partial charge < -0.3 is 9.84 Å². The van der Waals surface area contributed by atoms with E-state index >= 15 is 0 Å². The van der Waals surface area contributed by atoms with Gasteiger partial charge in [0.25, 0.3) is 0 Å². The van der Waals surface area contributed by atoms with Gasteiger partial charge in [0.15, 0.2) is 0 Å². The van der Waals surface area contributed by atoms with Gasteiger partial charge in [-0.1, -0.05) is 36.0 Å². The molecule has 2 aliphatic carbocycles. The molecule has 0 heterocycles. The first kappa shape index (κ1) is 12.6. The summed E-state index contributed by atoms with van der Waals surface area (Å²) in [5.74, 6) is 0.704. The van der Waals surface area contributed by atoms with Gasteiger partial charge in [-0.15, -0.1) is 0 Å². The van der Waals surface area contributed by atoms with Crippen LogP contribution >= 0.6 is 23.2 Å². The Bertz CT molecular complexity index is 435. The summed E-state index contributed by atoms with van der Waals surface area (Å²) in [5.41, 5.74) is -0.0191. The second-order valence-corrected chi connectivity index (χ2v) is 6.28. The lowest BCUT2D eigenvalue weighted by molar-refractivity contribution is -0.151. The van der Waals surface area contributed by atoms with Crippen LogP contribution in [-0.2, 0) is 0 Å².